The van der Waals surface area contributed by atoms with E-state index in [-0.39, 0.29) is 0 Å². The van der Waals surface area contributed by atoms with Crippen LogP contribution in [0.3, 0.4) is 0 Å². The molecule has 2 aromatic carbocycles. The molecular weight excluding hydrogens is 326 g/mol. The summed E-state index contributed by atoms with van der Waals surface area (Å²) >= 11 is 0. The van der Waals surface area contributed by atoms with Gasteiger partial charge in [0, 0.05) is 5.56 Å². The lowest BCUT2D eigenvalue weighted by Crippen LogP contribution is -2.01. The Morgan fingerprint density at radius 1 is 1.00 bits per heavy atom. The van der Waals surface area contributed by atoms with Crippen molar-refractivity contribution in [3.05, 3.63) is 42.0 Å². The summed E-state index contributed by atoms with van der Waals surface area (Å²) in [7, 11) is 0. The van der Waals surface area contributed by atoms with Crippen LogP contribution in [0.4, 0.5) is 0 Å². The van der Waals surface area contributed by atoms with Crippen molar-refractivity contribution in [2.24, 2.45) is 5.16 Å². The van der Waals surface area contributed by atoms with E-state index >= 15 is 0 Å². The molecule has 0 radical (unpaired) electrons. The predicted molar refractivity (Wildman–Crippen MR) is 105 cm³/mol. The molecule has 1 fully saturated rings. The van der Waals surface area contributed by atoms with Gasteiger partial charge in [-0.25, -0.2) is 0 Å². The van der Waals surface area contributed by atoms with Crippen LogP contribution >= 0.6 is 0 Å². The molecule has 1 aliphatic rings. The summed E-state index contributed by atoms with van der Waals surface area (Å²) < 4.78 is 11.2. The van der Waals surface area contributed by atoms with E-state index in [0.29, 0.717) is 12.7 Å². The summed E-state index contributed by atoms with van der Waals surface area (Å²) in [5, 5.41) is 14.3. The van der Waals surface area contributed by atoms with Crippen molar-refractivity contribution in [1.82, 2.24) is 0 Å². The summed E-state index contributed by atoms with van der Waals surface area (Å²) in [6, 6.07) is 12.1. The molecule has 0 aliphatic carbocycles. The lowest BCUT2D eigenvalue weighted by atomic mass is 10.0. The van der Waals surface area contributed by atoms with Crippen LogP contribution in [-0.4, -0.2) is 30.7 Å². The number of epoxide rings is 1. The molecule has 0 saturated carbocycles. The van der Waals surface area contributed by atoms with Crippen molar-refractivity contribution < 1.29 is 14.7 Å². The molecule has 1 heterocycles. The Bertz CT molecular complexity index is 710. The van der Waals surface area contributed by atoms with Gasteiger partial charge in [-0.1, -0.05) is 74.0 Å². The highest BCUT2D eigenvalue weighted by Crippen LogP contribution is 2.27. The number of benzene rings is 2. The molecule has 4 nitrogen and oxygen atoms in total. The van der Waals surface area contributed by atoms with E-state index in [2.05, 4.69) is 5.16 Å². The molecule has 0 amide bonds. The Hall–Kier alpha value is -2.07. The number of fused-ring (bicyclic) bond motifs is 1. The number of hydrogen-bond donors (Lipinski definition) is 1. The average molecular weight is 355 g/mol. The largest absolute Gasteiger partial charge is 0.493 e. The third kappa shape index (κ3) is 5.73. The molecular formula is C22H29NO3. The first kappa shape index (κ1) is 18.7. The minimum Gasteiger partial charge on any atom is -0.493 e. The normalized spacial score (nSPS) is 16.4. The van der Waals surface area contributed by atoms with E-state index in [9.17, 15) is 0 Å². The second-order valence-electron chi connectivity index (χ2n) is 7.01. The van der Waals surface area contributed by atoms with E-state index in [0.717, 1.165) is 35.1 Å². The van der Waals surface area contributed by atoms with Crippen molar-refractivity contribution in [3.8, 4) is 5.75 Å². The summed E-state index contributed by atoms with van der Waals surface area (Å²) in [6.07, 6.45) is 12.1. The first-order valence-electron chi connectivity index (χ1n) is 9.82. The second-order valence-corrected chi connectivity index (χ2v) is 7.01. The van der Waals surface area contributed by atoms with Crippen molar-refractivity contribution in [2.75, 3.05) is 13.2 Å². The van der Waals surface area contributed by atoms with Gasteiger partial charge in [-0.2, -0.15) is 0 Å². The Morgan fingerprint density at radius 2 is 1.73 bits per heavy atom. The third-order valence-corrected chi connectivity index (χ3v) is 4.95. The third-order valence-electron chi connectivity index (χ3n) is 4.95. The molecule has 1 saturated heterocycles. The quantitative estimate of drug-likeness (QED) is 0.179. The molecule has 2 aromatic rings. The predicted octanol–water partition coefficient (Wildman–Crippen LogP) is 5.55. The van der Waals surface area contributed by atoms with Gasteiger partial charge in [0.2, 0.25) is 0 Å². The topological polar surface area (TPSA) is 54.4 Å². The fraction of sp³-hybridized carbons (Fsp3) is 0.500. The average Bonchev–Trinajstić information content (AvgIpc) is 3.49. The zero-order valence-electron chi connectivity index (χ0n) is 15.4. The maximum Gasteiger partial charge on any atom is 0.128 e. The van der Waals surface area contributed by atoms with Crippen molar-refractivity contribution in [3.63, 3.8) is 0 Å². The molecule has 140 valence electrons. The van der Waals surface area contributed by atoms with Crippen LogP contribution in [0.5, 0.6) is 5.75 Å². The maximum atomic E-state index is 8.97. The highest BCUT2D eigenvalue weighted by Gasteiger charge is 2.20. The van der Waals surface area contributed by atoms with Crippen LogP contribution in [0.1, 0.15) is 56.9 Å². The fourth-order valence-corrected chi connectivity index (χ4v) is 3.37. The van der Waals surface area contributed by atoms with Gasteiger partial charge >= 0.3 is 0 Å². The van der Waals surface area contributed by atoms with Gasteiger partial charge in [0.05, 0.1) is 25.5 Å². The van der Waals surface area contributed by atoms with Crippen LogP contribution in [0.25, 0.3) is 10.8 Å². The van der Waals surface area contributed by atoms with Crippen LogP contribution in [0.15, 0.2) is 41.6 Å². The Balaban J connectivity index is 1.35. The van der Waals surface area contributed by atoms with Gasteiger partial charge in [0.15, 0.2) is 0 Å². The number of oxime groups is 1. The van der Waals surface area contributed by atoms with E-state index in [1.165, 1.54) is 51.2 Å². The zero-order valence-corrected chi connectivity index (χ0v) is 15.4. The van der Waals surface area contributed by atoms with Crippen molar-refractivity contribution >= 4 is 17.0 Å². The highest BCUT2D eigenvalue weighted by molar-refractivity contribution is 6.02. The van der Waals surface area contributed by atoms with Crippen LogP contribution in [0.2, 0.25) is 0 Å². The Labute approximate surface area is 155 Å². The number of ether oxygens (including phenoxy) is 2. The van der Waals surface area contributed by atoms with Gasteiger partial charge in [-0.3, -0.25) is 0 Å². The molecule has 0 bridgehead atoms. The maximum absolute atomic E-state index is 8.97. The van der Waals surface area contributed by atoms with Gasteiger partial charge in [-0.15, -0.1) is 0 Å². The summed E-state index contributed by atoms with van der Waals surface area (Å²) in [6.45, 7) is 1.69. The van der Waals surface area contributed by atoms with Gasteiger partial charge in [-0.05, 0) is 29.7 Å². The molecule has 3 rings (SSSR count). The van der Waals surface area contributed by atoms with Crippen LogP contribution in [-0.2, 0) is 4.74 Å². The monoisotopic (exact) mass is 355 g/mol. The molecule has 1 unspecified atom stereocenters. The van der Waals surface area contributed by atoms with E-state index in [1.54, 1.807) is 0 Å². The first-order chi connectivity index (χ1) is 12.9. The minimum atomic E-state index is 0.586. The Morgan fingerprint density at radius 3 is 2.50 bits per heavy atom. The number of nitrogens with zero attached hydrogens (tertiary/aromatic N) is 1. The van der Waals surface area contributed by atoms with E-state index in [4.69, 9.17) is 14.7 Å². The molecule has 1 aliphatic heterocycles. The zero-order chi connectivity index (χ0) is 18.0. The minimum absolute atomic E-state index is 0.586. The van der Waals surface area contributed by atoms with E-state index < -0.39 is 0 Å². The second kappa shape index (κ2) is 10.2. The highest BCUT2D eigenvalue weighted by atomic mass is 16.6. The number of unbranched alkanes of at least 4 members (excludes halogenated alkanes) is 6. The van der Waals surface area contributed by atoms with Crippen molar-refractivity contribution in [1.29, 1.82) is 0 Å². The molecule has 26 heavy (non-hydrogen) atoms. The number of hydrogen-bond acceptors (Lipinski definition) is 4. The van der Waals surface area contributed by atoms with Gasteiger partial charge in [0.25, 0.3) is 0 Å². The molecule has 4 heteroatoms. The molecule has 1 atom stereocenters. The fourth-order valence-electron chi connectivity index (χ4n) is 3.37. The lowest BCUT2D eigenvalue weighted by molar-refractivity contribution is 0.303. The SMILES string of the molecule is ON=Cc1c(OCCCCCCCCCC2CO2)ccc2ccccc12. The van der Waals surface area contributed by atoms with Gasteiger partial charge < -0.3 is 14.7 Å². The summed E-state index contributed by atoms with van der Waals surface area (Å²) in [5.41, 5.74) is 0.838. The van der Waals surface area contributed by atoms with Crippen LogP contribution in [0, 0.1) is 0 Å². The molecule has 0 aromatic heterocycles. The molecule has 0 spiro atoms. The number of rotatable bonds is 12. The standard InChI is InChI=1S/C22H29NO3/c24-23-16-21-20-12-8-7-10-18(20)13-14-22(21)25-15-9-5-3-1-2-4-6-11-19-17-26-19/h7-8,10,12-14,16,19,24H,1-6,9,11,15,17H2. The van der Waals surface area contributed by atoms with Crippen LogP contribution < -0.4 is 4.74 Å². The van der Waals surface area contributed by atoms with Crippen molar-refractivity contribution in [2.45, 2.75) is 57.5 Å². The summed E-state index contributed by atoms with van der Waals surface area (Å²) in [5.74, 6) is 0.781. The lowest BCUT2D eigenvalue weighted by Gasteiger charge is -2.11. The first-order valence-corrected chi connectivity index (χ1v) is 9.82. The van der Waals surface area contributed by atoms with Gasteiger partial charge in [0.1, 0.15) is 5.75 Å². The smallest absolute Gasteiger partial charge is 0.128 e. The molecule has 1 N–H and O–H groups in total. The van der Waals surface area contributed by atoms with E-state index in [1.807, 2.05) is 36.4 Å². The Kier molecular flexibility index (Phi) is 7.32. The summed E-state index contributed by atoms with van der Waals surface area (Å²) in [4.78, 5) is 0.